The molecular formula is C15H19ClO3. The monoisotopic (exact) mass is 282 g/mol. The van der Waals surface area contributed by atoms with Gasteiger partial charge in [0.15, 0.2) is 0 Å². The van der Waals surface area contributed by atoms with Crippen molar-refractivity contribution in [2.45, 2.75) is 33.1 Å². The maximum atomic E-state index is 11.0. The lowest BCUT2D eigenvalue weighted by atomic mass is 9.99. The molecule has 0 aromatic heterocycles. The number of aliphatic carboxylic acids is 1. The molecule has 1 aliphatic rings. The summed E-state index contributed by atoms with van der Waals surface area (Å²) in [6.45, 7) is 4.33. The van der Waals surface area contributed by atoms with Crippen LogP contribution in [-0.4, -0.2) is 17.7 Å². The van der Waals surface area contributed by atoms with Crippen LogP contribution < -0.4 is 4.74 Å². The predicted octanol–water partition coefficient (Wildman–Crippen LogP) is 3.70. The fraction of sp³-hybridized carbons (Fsp3) is 0.533. The molecule has 1 aromatic carbocycles. The van der Waals surface area contributed by atoms with Crippen molar-refractivity contribution in [2.24, 2.45) is 11.8 Å². The number of carboxylic acids is 1. The third-order valence-electron chi connectivity index (χ3n) is 3.37. The molecule has 1 N–H and O–H groups in total. The van der Waals surface area contributed by atoms with Gasteiger partial charge in [0.05, 0.1) is 17.5 Å². The van der Waals surface area contributed by atoms with E-state index in [1.54, 1.807) is 6.92 Å². The van der Waals surface area contributed by atoms with Gasteiger partial charge in [-0.15, -0.1) is 0 Å². The molecule has 4 heteroatoms. The van der Waals surface area contributed by atoms with Crippen LogP contribution in [0, 0.1) is 18.8 Å². The lowest BCUT2D eigenvalue weighted by Crippen LogP contribution is -2.13. The molecule has 0 amide bonds. The first-order valence-electron chi connectivity index (χ1n) is 6.62. The third-order valence-corrected chi connectivity index (χ3v) is 3.65. The van der Waals surface area contributed by atoms with Gasteiger partial charge in [0, 0.05) is 0 Å². The van der Waals surface area contributed by atoms with Gasteiger partial charge in [-0.3, -0.25) is 4.79 Å². The molecule has 104 valence electrons. The van der Waals surface area contributed by atoms with Crippen LogP contribution in [0.2, 0.25) is 5.02 Å². The van der Waals surface area contributed by atoms with Crippen molar-refractivity contribution in [2.75, 3.05) is 6.61 Å². The first-order valence-corrected chi connectivity index (χ1v) is 6.99. The number of hydrogen-bond acceptors (Lipinski definition) is 2. The second-order valence-electron chi connectivity index (χ2n) is 5.43. The van der Waals surface area contributed by atoms with E-state index in [0.29, 0.717) is 29.7 Å². The average molecular weight is 283 g/mol. The Labute approximate surface area is 118 Å². The van der Waals surface area contributed by atoms with Crippen LogP contribution in [-0.2, 0) is 11.2 Å². The highest BCUT2D eigenvalue weighted by molar-refractivity contribution is 6.32. The molecular weight excluding hydrogens is 264 g/mol. The van der Waals surface area contributed by atoms with Crippen molar-refractivity contribution < 1.29 is 14.6 Å². The first-order chi connectivity index (χ1) is 8.97. The second kappa shape index (κ2) is 5.83. The van der Waals surface area contributed by atoms with Crippen molar-refractivity contribution in [1.29, 1.82) is 0 Å². The Balaban J connectivity index is 2.19. The van der Waals surface area contributed by atoms with Crippen LogP contribution in [0.25, 0.3) is 0 Å². The summed E-state index contributed by atoms with van der Waals surface area (Å²) in [5.41, 5.74) is 1.91. The minimum Gasteiger partial charge on any atom is -0.491 e. The van der Waals surface area contributed by atoms with Crippen molar-refractivity contribution in [3.63, 3.8) is 0 Å². The Hall–Kier alpha value is -1.22. The third kappa shape index (κ3) is 3.87. The van der Waals surface area contributed by atoms with Gasteiger partial charge in [0.2, 0.25) is 0 Å². The number of hydrogen-bond donors (Lipinski definition) is 1. The number of halogens is 1. The normalized spacial score (nSPS) is 16.2. The molecule has 1 aromatic rings. The van der Waals surface area contributed by atoms with Crippen molar-refractivity contribution >= 4 is 17.6 Å². The highest BCUT2D eigenvalue weighted by atomic mass is 35.5. The highest BCUT2D eigenvalue weighted by Gasteiger charge is 2.24. The number of carbonyl (C=O) groups is 1. The smallest absolute Gasteiger partial charge is 0.306 e. The van der Waals surface area contributed by atoms with Crippen molar-refractivity contribution in [1.82, 2.24) is 0 Å². The summed E-state index contributed by atoms with van der Waals surface area (Å²) >= 11 is 6.23. The Morgan fingerprint density at radius 1 is 1.53 bits per heavy atom. The van der Waals surface area contributed by atoms with Crippen molar-refractivity contribution in [3.8, 4) is 5.75 Å². The van der Waals surface area contributed by atoms with E-state index in [9.17, 15) is 4.79 Å². The topological polar surface area (TPSA) is 46.5 Å². The summed E-state index contributed by atoms with van der Waals surface area (Å²) in [5.74, 6) is 0.0568. The molecule has 3 nitrogen and oxygen atoms in total. The average Bonchev–Trinajstić information content (AvgIpc) is 3.11. The van der Waals surface area contributed by atoms with Gasteiger partial charge in [-0.25, -0.2) is 0 Å². The number of rotatable bonds is 6. The summed E-state index contributed by atoms with van der Waals surface area (Å²) < 4.78 is 5.80. The Kier molecular flexibility index (Phi) is 4.35. The zero-order valence-corrected chi connectivity index (χ0v) is 12.0. The molecule has 1 fully saturated rings. The lowest BCUT2D eigenvalue weighted by molar-refractivity contribution is -0.141. The molecule has 1 unspecified atom stereocenters. The molecule has 0 bridgehead atoms. The number of carboxylic acid groups (broad SMARTS) is 1. The molecule has 2 rings (SSSR count). The predicted molar refractivity (Wildman–Crippen MR) is 74.9 cm³/mol. The van der Waals surface area contributed by atoms with Crippen LogP contribution >= 0.6 is 11.6 Å². The van der Waals surface area contributed by atoms with Crippen LogP contribution in [0.3, 0.4) is 0 Å². The second-order valence-corrected chi connectivity index (χ2v) is 5.84. The first kappa shape index (κ1) is 14.2. The van der Waals surface area contributed by atoms with Gasteiger partial charge in [-0.05, 0) is 49.3 Å². The molecule has 0 spiro atoms. The molecule has 0 radical (unpaired) electrons. The zero-order valence-electron chi connectivity index (χ0n) is 11.3. The minimum absolute atomic E-state index is 0.441. The maximum absolute atomic E-state index is 11.0. The number of aryl methyl sites for hydroxylation is 1. The summed E-state index contributed by atoms with van der Waals surface area (Å²) in [4.78, 5) is 11.0. The molecule has 1 saturated carbocycles. The highest BCUT2D eigenvalue weighted by Crippen LogP contribution is 2.35. The van der Waals surface area contributed by atoms with E-state index in [-0.39, 0.29) is 0 Å². The van der Waals surface area contributed by atoms with Crippen LogP contribution in [0.4, 0.5) is 0 Å². The molecule has 0 aliphatic heterocycles. The van der Waals surface area contributed by atoms with E-state index < -0.39 is 11.9 Å². The summed E-state index contributed by atoms with van der Waals surface area (Å²) in [6, 6.07) is 3.83. The quantitative estimate of drug-likeness (QED) is 0.865. The summed E-state index contributed by atoms with van der Waals surface area (Å²) in [7, 11) is 0. The van der Waals surface area contributed by atoms with Crippen molar-refractivity contribution in [3.05, 3.63) is 28.3 Å². The molecule has 0 heterocycles. The fourth-order valence-corrected chi connectivity index (χ4v) is 2.37. The Bertz CT molecular complexity index is 481. The van der Waals surface area contributed by atoms with Gasteiger partial charge >= 0.3 is 5.97 Å². The molecule has 19 heavy (non-hydrogen) atoms. The largest absolute Gasteiger partial charge is 0.491 e. The molecule has 0 saturated heterocycles. The van der Waals surface area contributed by atoms with Gasteiger partial charge in [-0.2, -0.15) is 0 Å². The summed E-state index contributed by atoms with van der Waals surface area (Å²) in [5, 5.41) is 9.60. The van der Waals surface area contributed by atoms with E-state index in [1.165, 1.54) is 12.8 Å². The Morgan fingerprint density at radius 2 is 2.21 bits per heavy atom. The lowest BCUT2D eigenvalue weighted by Gasteiger charge is -2.15. The van der Waals surface area contributed by atoms with Gasteiger partial charge < -0.3 is 9.84 Å². The summed E-state index contributed by atoms with van der Waals surface area (Å²) in [6.07, 6.45) is 2.87. The Morgan fingerprint density at radius 3 is 2.79 bits per heavy atom. The van der Waals surface area contributed by atoms with E-state index >= 15 is 0 Å². The van der Waals surface area contributed by atoms with E-state index in [0.717, 1.165) is 11.1 Å². The van der Waals surface area contributed by atoms with E-state index in [4.69, 9.17) is 21.4 Å². The number of benzene rings is 1. The van der Waals surface area contributed by atoms with Gasteiger partial charge in [-0.1, -0.05) is 24.6 Å². The molecule has 1 aliphatic carbocycles. The van der Waals surface area contributed by atoms with Crippen LogP contribution in [0.1, 0.15) is 30.9 Å². The van der Waals surface area contributed by atoms with Crippen LogP contribution in [0.15, 0.2) is 12.1 Å². The van der Waals surface area contributed by atoms with Crippen LogP contribution in [0.5, 0.6) is 5.75 Å². The maximum Gasteiger partial charge on any atom is 0.306 e. The minimum atomic E-state index is -0.800. The standard InChI is InChI=1S/C15H19ClO3/c1-9-5-12(7-10(2)15(17)18)14(13(16)6-9)19-8-11-3-4-11/h5-6,10-11H,3-4,7-8H2,1-2H3,(H,17,18). The SMILES string of the molecule is Cc1cc(Cl)c(OCC2CC2)c(CC(C)C(=O)O)c1. The van der Waals surface area contributed by atoms with E-state index in [2.05, 4.69) is 0 Å². The molecule has 1 atom stereocenters. The zero-order chi connectivity index (χ0) is 14.0. The number of ether oxygens (including phenoxy) is 1. The van der Waals surface area contributed by atoms with Gasteiger partial charge in [0.1, 0.15) is 5.75 Å². The fourth-order valence-electron chi connectivity index (χ4n) is 2.02. The van der Waals surface area contributed by atoms with Gasteiger partial charge in [0.25, 0.3) is 0 Å². The van der Waals surface area contributed by atoms with E-state index in [1.807, 2.05) is 19.1 Å².